The molecule has 3 rings (SSSR count). The van der Waals surface area contributed by atoms with Crippen molar-refractivity contribution in [1.82, 2.24) is 9.88 Å². The number of likely N-dealkylation sites (tertiary alicyclic amines) is 1. The lowest BCUT2D eigenvalue weighted by Gasteiger charge is -2.31. The van der Waals surface area contributed by atoms with Crippen molar-refractivity contribution in [2.45, 2.75) is 19.8 Å². The molecule has 0 radical (unpaired) electrons. The molecule has 0 aliphatic carbocycles. The van der Waals surface area contributed by atoms with Gasteiger partial charge >= 0.3 is 0 Å². The number of nitrogens with zero attached hydrogens (tertiary/aromatic N) is 2. The Morgan fingerprint density at radius 2 is 2.28 bits per heavy atom. The molecule has 1 N–H and O–H groups in total. The van der Waals surface area contributed by atoms with Gasteiger partial charge in [-0.25, -0.2) is 4.98 Å². The quantitative estimate of drug-likeness (QED) is 0.854. The molecule has 2 aromatic rings. The van der Waals surface area contributed by atoms with Gasteiger partial charge in [-0.2, -0.15) is 0 Å². The summed E-state index contributed by atoms with van der Waals surface area (Å²) in [6.07, 6.45) is 2.92. The van der Waals surface area contributed by atoms with Crippen LogP contribution < -0.4 is 5.32 Å². The van der Waals surface area contributed by atoms with Crippen LogP contribution in [0.4, 0.5) is 5.69 Å². The third-order valence-electron chi connectivity index (χ3n) is 4.32. The molecule has 1 aromatic heterocycles. The fraction of sp³-hybridized carbons (Fsp3) is 0.316. The van der Waals surface area contributed by atoms with Crippen molar-refractivity contribution in [3.05, 3.63) is 47.3 Å². The highest BCUT2D eigenvalue weighted by atomic mass is 32.1. The number of rotatable bonds is 4. The van der Waals surface area contributed by atoms with E-state index >= 15 is 0 Å². The van der Waals surface area contributed by atoms with Crippen molar-refractivity contribution in [2.75, 3.05) is 18.4 Å². The zero-order valence-electron chi connectivity index (χ0n) is 14.2. The summed E-state index contributed by atoms with van der Waals surface area (Å²) in [6.45, 7) is 6.62. The van der Waals surface area contributed by atoms with E-state index in [4.69, 9.17) is 0 Å². The van der Waals surface area contributed by atoms with Gasteiger partial charge < -0.3 is 10.2 Å². The highest BCUT2D eigenvalue weighted by molar-refractivity contribution is 7.09. The molecule has 1 aliphatic rings. The van der Waals surface area contributed by atoms with Gasteiger partial charge in [0.25, 0.3) is 0 Å². The van der Waals surface area contributed by atoms with Gasteiger partial charge in [-0.05, 0) is 38.0 Å². The highest BCUT2D eigenvalue weighted by Gasteiger charge is 2.27. The second-order valence-electron chi connectivity index (χ2n) is 6.15. The van der Waals surface area contributed by atoms with Crippen molar-refractivity contribution in [3.63, 3.8) is 0 Å². The van der Waals surface area contributed by atoms with Crippen LogP contribution >= 0.6 is 11.3 Å². The van der Waals surface area contributed by atoms with Crippen molar-refractivity contribution < 1.29 is 9.59 Å². The Labute approximate surface area is 151 Å². The molecule has 0 spiro atoms. The number of benzene rings is 1. The Bertz CT molecular complexity index is 799. The zero-order chi connectivity index (χ0) is 17.8. The molecule has 1 atom stereocenters. The van der Waals surface area contributed by atoms with Crippen molar-refractivity contribution in [3.8, 4) is 11.3 Å². The zero-order valence-corrected chi connectivity index (χ0v) is 15.0. The van der Waals surface area contributed by atoms with Gasteiger partial charge in [0.2, 0.25) is 11.8 Å². The number of thiazole rings is 1. The monoisotopic (exact) mass is 355 g/mol. The molecule has 0 bridgehead atoms. The van der Waals surface area contributed by atoms with Crippen LogP contribution in [0.25, 0.3) is 11.3 Å². The average Bonchev–Trinajstić information content (AvgIpc) is 3.08. The Morgan fingerprint density at radius 3 is 3.00 bits per heavy atom. The predicted molar refractivity (Wildman–Crippen MR) is 100 cm³/mol. The molecule has 25 heavy (non-hydrogen) atoms. The number of piperidine rings is 1. The molecular formula is C19H21N3O2S. The van der Waals surface area contributed by atoms with Crippen LogP contribution in [0.1, 0.15) is 17.8 Å². The first-order chi connectivity index (χ1) is 12.1. The number of nitrogens with one attached hydrogen (secondary N) is 1. The summed E-state index contributed by atoms with van der Waals surface area (Å²) in [5, 5.41) is 6.00. The fourth-order valence-electron chi connectivity index (χ4n) is 3.02. The number of aromatic nitrogens is 1. The maximum atomic E-state index is 12.6. The molecule has 1 aliphatic heterocycles. The normalized spacial score (nSPS) is 17.2. The van der Waals surface area contributed by atoms with Crippen molar-refractivity contribution in [1.29, 1.82) is 0 Å². The molecule has 1 unspecified atom stereocenters. The number of aryl methyl sites for hydroxylation is 1. The lowest BCUT2D eigenvalue weighted by atomic mass is 9.97. The second kappa shape index (κ2) is 7.61. The third kappa shape index (κ3) is 4.14. The molecule has 1 fully saturated rings. The van der Waals surface area contributed by atoms with E-state index in [1.54, 1.807) is 16.2 Å². The number of amides is 2. The number of hydrogen-bond acceptors (Lipinski definition) is 4. The topological polar surface area (TPSA) is 62.3 Å². The van der Waals surface area contributed by atoms with Gasteiger partial charge in [0.1, 0.15) is 0 Å². The van der Waals surface area contributed by atoms with Crippen LogP contribution in [0.2, 0.25) is 0 Å². The average molecular weight is 355 g/mol. The van der Waals surface area contributed by atoms with Crippen LogP contribution in [0.15, 0.2) is 42.3 Å². The van der Waals surface area contributed by atoms with E-state index in [1.807, 2.05) is 36.6 Å². The van der Waals surface area contributed by atoms with Crippen LogP contribution in [-0.2, 0) is 9.59 Å². The maximum absolute atomic E-state index is 12.6. The summed E-state index contributed by atoms with van der Waals surface area (Å²) in [5.74, 6) is -0.352. The maximum Gasteiger partial charge on any atom is 0.245 e. The number of anilines is 1. The third-order valence-corrected chi connectivity index (χ3v) is 5.10. The molecule has 2 heterocycles. The lowest BCUT2D eigenvalue weighted by molar-refractivity contribution is -0.130. The van der Waals surface area contributed by atoms with Gasteiger partial charge in [-0.15, -0.1) is 11.3 Å². The first-order valence-electron chi connectivity index (χ1n) is 8.31. The number of carbonyl (C=O) groups is 2. The largest absolute Gasteiger partial charge is 0.338 e. The smallest absolute Gasteiger partial charge is 0.245 e. The lowest BCUT2D eigenvalue weighted by Crippen LogP contribution is -2.43. The summed E-state index contributed by atoms with van der Waals surface area (Å²) in [5.41, 5.74) is 2.65. The molecule has 1 aromatic carbocycles. The Kier molecular flexibility index (Phi) is 5.28. The second-order valence-corrected chi connectivity index (χ2v) is 7.21. The molecule has 5 nitrogen and oxygen atoms in total. The van der Waals surface area contributed by atoms with Crippen LogP contribution in [0, 0.1) is 12.8 Å². The van der Waals surface area contributed by atoms with E-state index < -0.39 is 0 Å². The fourth-order valence-corrected chi connectivity index (χ4v) is 3.64. The number of carbonyl (C=O) groups excluding carboxylic acids is 2. The standard InChI is InChI=1S/C19H21N3O2S/c1-3-18(23)22-9-5-7-15(11-22)19(24)21-16-8-4-6-14(10-16)17-12-25-13(2)20-17/h3-4,6,8,10,12,15H,1,5,7,9,11H2,2H3,(H,21,24). The van der Waals surface area contributed by atoms with E-state index in [0.29, 0.717) is 13.1 Å². The molecule has 130 valence electrons. The minimum absolute atomic E-state index is 0.0480. The molecular weight excluding hydrogens is 334 g/mol. The van der Waals surface area contributed by atoms with Crippen molar-refractivity contribution in [2.24, 2.45) is 5.92 Å². The minimum atomic E-state index is -0.192. The van der Waals surface area contributed by atoms with Crippen LogP contribution in [-0.4, -0.2) is 34.8 Å². The molecule has 0 saturated carbocycles. The van der Waals surface area contributed by atoms with Gasteiger partial charge in [0.05, 0.1) is 16.6 Å². The first kappa shape index (κ1) is 17.4. The van der Waals surface area contributed by atoms with E-state index in [-0.39, 0.29) is 17.7 Å². The highest BCUT2D eigenvalue weighted by Crippen LogP contribution is 2.25. The molecule has 2 amide bonds. The number of hydrogen-bond donors (Lipinski definition) is 1. The Morgan fingerprint density at radius 1 is 1.44 bits per heavy atom. The Balaban J connectivity index is 1.68. The summed E-state index contributed by atoms with van der Waals surface area (Å²) >= 11 is 1.60. The first-order valence-corrected chi connectivity index (χ1v) is 9.19. The summed E-state index contributed by atoms with van der Waals surface area (Å²) < 4.78 is 0. The minimum Gasteiger partial charge on any atom is -0.338 e. The summed E-state index contributed by atoms with van der Waals surface area (Å²) in [7, 11) is 0. The molecule has 6 heteroatoms. The van der Waals surface area contributed by atoms with Crippen molar-refractivity contribution >= 4 is 28.8 Å². The Hall–Kier alpha value is -2.47. The van der Waals surface area contributed by atoms with Crippen LogP contribution in [0.3, 0.4) is 0 Å². The molecule has 1 saturated heterocycles. The van der Waals surface area contributed by atoms with E-state index in [9.17, 15) is 9.59 Å². The van der Waals surface area contributed by atoms with Gasteiger partial charge in [-0.3, -0.25) is 9.59 Å². The SMILES string of the molecule is C=CC(=O)N1CCCC(C(=O)Nc2cccc(-c3csc(C)n3)c2)C1. The summed E-state index contributed by atoms with van der Waals surface area (Å²) in [4.78, 5) is 30.5. The summed E-state index contributed by atoms with van der Waals surface area (Å²) in [6, 6.07) is 7.70. The van der Waals surface area contributed by atoms with E-state index in [2.05, 4.69) is 16.9 Å². The van der Waals surface area contributed by atoms with E-state index in [0.717, 1.165) is 34.8 Å². The van der Waals surface area contributed by atoms with Crippen LogP contribution in [0.5, 0.6) is 0 Å². The van der Waals surface area contributed by atoms with Gasteiger partial charge in [-0.1, -0.05) is 18.7 Å². The van der Waals surface area contributed by atoms with E-state index in [1.165, 1.54) is 6.08 Å². The van der Waals surface area contributed by atoms with Gasteiger partial charge in [0.15, 0.2) is 0 Å². The van der Waals surface area contributed by atoms with Gasteiger partial charge in [0, 0.05) is 29.7 Å². The predicted octanol–water partition coefficient (Wildman–Crippen LogP) is 3.48.